The third-order valence-corrected chi connectivity index (χ3v) is 2.77. The van der Waals surface area contributed by atoms with E-state index in [0.717, 1.165) is 0 Å². The summed E-state index contributed by atoms with van der Waals surface area (Å²) in [7, 11) is 0. The summed E-state index contributed by atoms with van der Waals surface area (Å²) in [6, 6.07) is 3.63. The van der Waals surface area contributed by atoms with Crippen molar-refractivity contribution in [2.24, 2.45) is 5.41 Å². The van der Waals surface area contributed by atoms with Gasteiger partial charge in [-0.25, -0.2) is 0 Å². The molecule has 0 radical (unpaired) electrons. The molecule has 3 nitrogen and oxygen atoms in total. The summed E-state index contributed by atoms with van der Waals surface area (Å²) < 4.78 is 0. The monoisotopic (exact) mass is 213 g/mol. The zero-order valence-corrected chi connectivity index (χ0v) is 9.23. The highest BCUT2D eigenvalue weighted by molar-refractivity contribution is 7.12. The highest BCUT2D eigenvalue weighted by atomic mass is 32.1. The minimum Gasteiger partial charge on any atom is -0.396 e. The number of nitrogens with one attached hydrogen (secondary N) is 1. The molecule has 0 saturated heterocycles. The van der Waals surface area contributed by atoms with Crippen molar-refractivity contribution >= 4 is 17.2 Å². The average molecular weight is 213 g/mol. The summed E-state index contributed by atoms with van der Waals surface area (Å²) in [5.74, 6) is -0.0680. The third kappa shape index (κ3) is 3.12. The molecule has 1 heterocycles. The average Bonchev–Trinajstić information content (AvgIpc) is 2.67. The maximum atomic E-state index is 11.5. The Morgan fingerprint density at radius 1 is 1.64 bits per heavy atom. The van der Waals surface area contributed by atoms with Gasteiger partial charge in [0, 0.05) is 18.6 Å². The van der Waals surface area contributed by atoms with Gasteiger partial charge in [-0.15, -0.1) is 11.3 Å². The van der Waals surface area contributed by atoms with Crippen LogP contribution >= 0.6 is 11.3 Å². The van der Waals surface area contributed by atoms with Crippen molar-refractivity contribution in [2.75, 3.05) is 13.2 Å². The number of carbonyl (C=O) groups is 1. The van der Waals surface area contributed by atoms with Gasteiger partial charge in [-0.1, -0.05) is 19.9 Å². The fourth-order valence-corrected chi connectivity index (χ4v) is 1.51. The van der Waals surface area contributed by atoms with Crippen molar-refractivity contribution in [3.63, 3.8) is 0 Å². The first-order chi connectivity index (χ1) is 6.55. The smallest absolute Gasteiger partial charge is 0.261 e. The maximum Gasteiger partial charge on any atom is 0.261 e. The van der Waals surface area contributed by atoms with Gasteiger partial charge in [0.2, 0.25) is 0 Å². The molecular formula is C10H15NO2S. The lowest BCUT2D eigenvalue weighted by Crippen LogP contribution is -2.35. The summed E-state index contributed by atoms with van der Waals surface area (Å²) in [4.78, 5) is 12.2. The molecule has 1 amide bonds. The minimum absolute atomic E-state index is 0.0672. The maximum absolute atomic E-state index is 11.5. The van der Waals surface area contributed by atoms with Gasteiger partial charge in [-0.2, -0.15) is 0 Å². The topological polar surface area (TPSA) is 49.3 Å². The Morgan fingerprint density at radius 2 is 2.36 bits per heavy atom. The molecule has 0 aliphatic heterocycles. The molecule has 0 atom stereocenters. The Labute approximate surface area is 87.8 Å². The van der Waals surface area contributed by atoms with Gasteiger partial charge >= 0.3 is 0 Å². The molecule has 4 heteroatoms. The Hall–Kier alpha value is -0.870. The number of hydrogen-bond acceptors (Lipinski definition) is 3. The number of rotatable bonds is 4. The summed E-state index contributed by atoms with van der Waals surface area (Å²) in [6.45, 7) is 4.36. The second-order valence-corrected chi connectivity index (χ2v) is 4.93. The van der Waals surface area contributed by atoms with Crippen molar-refractivity contribution in [1.82, 2.24) is 5.32 Å². The number of carbonyl (C=O) groups excluding carboxylic acids is 1. The van der Waals surface area contributed by atoms with Crippen molar-refractivity contribution < 1.29 is 9.90 Å². The SMILES string of the molecule is CC(C)(CO)CNC(=O)c1cccs1. The highest BCUT2D eigenvalue weighted by Gasteiger charge is 2.17. The van der Waals surface area contributed by atoms with Crippen molar-refractivity contribution in [3.05, 3.63) is 22.4 Å². The van der Waals surface area contributed by atoms with Crippen LogP contribution in [-0.2, 0) is 0 Å². The Kier molecular flexibility index (Phi) is 3.66. The molecule has 2 N–H and O–H groups in total. The van der Waals surface area contributed by atoms with Crippen LogP contribution in [0.15, 0.2) is 17.5 Å². The van der Waals surface area contributed by atoms with E-state index in [1.54, 1.807) is 6.07 Å². The second kappa shape index (κ2) is 4.57. The van der Waals surface area contributed by atoms with E-state index in [2.05, 4.69) is 5.32 Å². The molecule has 0 saturated carbocycles. The van der Waals surface area contributed by atoms with E-state index in [1.807, 2.05) is 25.3 Å². The van der Waals surface area contributed by atoms with Gasteiger partial charge in [0.15, 0.2) is 0 Å². The molecule has 0 aliphatic carbocycles. The van der Waals surface area contributed by atoms with Crippen LogP contribution in [0.3, 0.4) is 0 Å². The molecule has 1 aromatic rings. The molecule has 0 unspecified atom stereocenters. The third-order valence-electron chi connectivity index (χ3n) is 1.90. The molecule has 78 valence electrons. The summed E-state index contributed by atoms with van der Waals surface area (Å²) in [6.07, 6.45) is 0. The van der Waals surface area contributed by atoms with Gasteiger partial charge < -0.3 is 10.4 Å². The Bertz CT molecular complexity index is 293. The van der Waals surface area contributed by atoms with Crippen molar-refractivity contribution in [1.29, 1.82) is 0 Å². The fraction of sp³-hybridized carbons (Fsp3) is 0.500. The summed E-state index contributed by atoms with van der Waals surface area (Å²) >= 11 is 1.41. The molecule has 14 heavy (non-hydrogen) atoms. The molecule has 1 aromatic heterocycles. The van der Waals surface area contributed by atoms with E-state index in [9.17, 15) is 4.79 Å². The van der Waals surface area contributed by atoms with Gasteiger partial charge in [0.25, 0.3) is 5.91 Å². The fourth-order valence-electron chi connectivity index (χ4n) is 0.870. The van der Waals surface area contributed by atoms with Crippen LogP contribution in [0.4, 0.5) is 0 Å². The van der Waals surface area contributed by atoms with Gasteiger partial charge in [0.05, 0.1) is 4.88 Å². The lowest BCUT2D eigenvalue weighted by molar-refractivity contribution is 0.0915. The van der Waals surface area contributed by atoms with E-state index in [-0.39, 0.29) is 17.9 Å². The quantitative estimate of drug-likeness (QED) is 0.796. The van der Waals surface area contributed by atoms with E-state index in [1.165, 1.54) is 11.3 Å². The number of aliphatic hydroxyl groups excluding tert-OH is 1. The summed E-state index contributed by atoms with van der Waals surface area (Å²) in [5.41, 5.74) is -0.257. The number of thiophene rings is 1. The van der Waals surface area contributed by atoms with E-state index in [4.69, 9.17) is 5.11 Å². The number of amides is 1. The minimum atomic E-state index is -0.257. The number of aliphatic hydroxyl groups is 1. The normalized spacial score (nSPS) is 11.4. The molecule has 0 fully saturated rings. The molecule has 1 rings (SSSR count). The first kappa shape index (κ1) is 11.2. The molecule has 0 bridgehead atoms. The second-order valence-electron chi connectivity index (χ2n) is 3.98. The van der Waals surface area contributed by atoms with E-state index >= 15 is 0 Å². The zero-order chi connectivity index (χ0) is 10.6. The molecular weight excluding hydrogens is 198 g/mol. The van der Waals surface area contributed by atoms with Crippen LogP contribution in [0.2, 0.25) is 0 Å². The van der Waals surface area contributed by atoms with Crippen LogP contribution in [0.1, 0.15) is 23.5 Å². The number of hydrogen-bond donors (Lipinski definition) is 2. The van der Waals surface area contributed by atoms with Gasteiger partial charge in [0.1, 0.15) is 0 Å². The van der Waals surface area contributed by atoms with E-state index < -0.39 is 0 Å². The summed E-state index contributed by atoms with van der Waals surface area (Å²) in [5, 5.41) is 13.6. The molecule has 0 spiro atoms. The van der Waals surface area contributed by atoms with Crippen LogP contribution in [-0.4, -0.2) is 24.2 Å². The Balaban J connectivity index is 2.43. The van der Waals surface area contributed by atoms with Crippen LogP contribution in [0.25, 0.3) is 0 Å². The predicted molar refractivity (Wildman–Crippen MR) is 57.5 cm³/mol. The standard InChI is InChI=1S/C10H15NO2S/c1-10(2,7-12)6-11-9(13)8-4-3-5-14-8/h3-5,12H,6-7H2,1-2H3,(H,11,13). The first-order valence-electron chi connectivity index (χ1n) is 4.48. The Morgan fingerprint density at radius 3 is 2.86 bits per heavy atom. The highest BCUT2D eigenvalue weighted by Crippen LogP contribution is 2.13. The van der Waals surface area contributed by atoms with Gasteiger partial charge in [-0.3, -0.25) is 4.79 Å². The molecule has 0 aliphatic rings. The van der Waals surface area contributed by atoms with Crippen molar-refractivity contribution in [3.8, 4) is 0 Å². The largest absolute Gasteiger partial charge is 0.396 e. The van der Waals surface area contributed by atoms with Gasteiger partial charge in [-0.05, 0) is 11.4 Å². The van der Waals surface area contributed by atoms with Crippen LogP contribution in [0, 0.1) is 5.41 Å². The molecule has 0 aromatic carbocycles. The van der Waals surface area contributed by atoms with Crippen molar-refractivity contribution in [2.45, 2.75) is 13.8 Å². The van der Waals surface area contributed by atoms with E-state index in [0.29, 0.717) is 11.4 Å². The predicted octanol–water partition coefficient (Wildman–Crippen LogP) is 1.50. The van der Waals surface area contributed by atoms with Crippen LogP contribution in [0.5, 0.6) is 0 Å². The van der Waals surface area contributed by atoms with Crippen LogP contribution < -0.4 is 5.32 Å². The lowest BCUT2D eigenvalue weighted by atomic mass is 9.95. The lowest BCUT2D eigenvalue weighted by Gasteiger charge is -2.21. The zero-order valence-electron chi connectivity index (χ0n) is 8.41. The first-order valence-corrected chi connectivity index (χ1v) is 5.36.